The van der Waals surface area contributed by atoms with Crippen LogP contribution in [0.2, 0.25) is 0 Å². The monoisotopic (exact) mass is 360 g/mol. The predicted octanol–water partition coefficient (Wildman–Crippen LogP) is 0.780. The maximum atomic E-state index is 12.5. The van der Waals surface area contributed by atoms with E-state index in [2.05, 4.69) is 0 Å². The van der Waals surface area contributed by atoms with Crippen molar-refractivity contribution in [2.24, 2.45) is 5.92 Å². The molecule has 0 spiro atoms. The molecule has 1 aromatic heterocycles. The van der Waals surface area contributed by atoms with E-state index in [0.29, 0.717) is 19.4 Å². The highest BCUT2D eigenvalue weighted by Gasteiger charge is 2.34. The van der Waals surface area contributed by atoms with Crippen molar-refractivity contribution in [1.29, 1.82) is 0 Å². The molecule has 1 unspecified atom stereocenters. The number of amides is 1. The van der Waals surface area contributed by atoms with Crippen molar-refractivity contribution in [1.82, 2.24) is 9.21 Å². The molecular weight excluding hydrogens is 340 g/mol. The summed E-state index contributed by atoms with van der Waals surface area (Å²) in [5, 5.41) is 1.70. The summed E-state index contributed by atoms with van der Waals surface area (Å²) < 4.78 is 31.6. The van der Waals surface area contributed by atoms with E-state index in [1.165, 1.54) is 9.21 Å². The zero-order chi connectivity index (χ0) is 17.0. The van der Waals surface area contributed by atoms with Gasteiger partial charge in [0, 0.05) is 27.2 Å². The third-order valence-electron chi connectivity index (χ3n) is 3.64. The molecule has 9 heteroatoms. The largest absolute Gasteiger partial charge is 0.455 e. The SMILES string of the molecule is CN(C)C(=O)COC(=O)C1CCCN(S(=O)(=O)c2cccs2)C1. The lowest BCUT2D eigenvalue weighted by Gasteiger charge is -2.30. The van der Waals surface area contributed by atoms with Gasteiger partial charge in [0.2, 0.25) is 0 Å². The van der Waals surface area contributed by atoms with E-state index >= 15 is 0 Å². The number of nitrogens with zero attached hydrogens (tertiary/aromatic N) is 2. The number of esters is 1. The van der Waals surface area contributed by atoms with Gasteiger partial charge < -0.3 is 9.64 Å². The van der Waals surface area contributed by atoms with E-state index in [1.54, 1.807) is 31.6 Å². The first-order chi connectivity index (χ1) is 10.8. The van der Waals surface area contributed by atoms with Gasteiger partial charge in [0.1, 0.15) is 4.21 Å². The van der Waals surface area contributed by atoms with Crippen LogP contribution in [0.1, 0.15) is 12.8 Å². The van der Waals surface area contributed by atoms with Gasteiger partial charge in [0.05, 0.1) is 5.92 Å². The molecule has 1 fully saturated rings. The Morgan fingerprint density at radius 3 is 2.78 bits per heavy atom. The fraction of sp³-hybridized carbons (Fsp3) is 0.571. The second-order valence-electron chi connectivity index (χ2n) is 5.53. The Balaban J connectivity index is 1.98. The van der Waals surface area contributed by atoms with Crippen LogP contribution in [-0.2, 0) is 24.3 Å². The van der Waals surface area contributed by atoms with Crippen LogP contribution >= 0.6 is 11.3 Å². The molecule has 2 heterocycles. The number of piperidine rings is 1. The predicted molar refractivity (Wildman–Crippen MR) is 85.5 cm³/mol. The normalized spacial score (nSPS) is 19.3. The Hall–Kier alpha value is -1.45. The first-order valence-corrected chi connectivity index (χ1v) is 9.55. The van der Waals surface area contributed by atoms with Crippen LogP contribution in [0.4, 0.5) is 0 Å². The molecule has 1 amide bonds. The average molecular weight is 360 g/mol. The molecule has 0 aromatic carbocycles. The maximum Gasteiger partial charge on any atom is 0.310 e. The van der Waals surface area contributed by atoms with Crippen molar-refractivity contribution >= 4 is 33.2 Å². The van der Waals surface area contributed by atoms with Crippen molar-refractivity contribution in [3.8, 4) is 0 Å². The van der Waals surface area contributed by atoms with E-state index in [0.717, 1.165) is 11.3 Å². The Morgan fingerprint density at radius 1 is 1.43 bits per heavy atom. The van der Waals surface area contributed by atoms with Crippen molar-refractivity contribution in [2.75, 3.05) is 33.8 Å². The molecule has 0 saturated carbocycles. The first-order valence-electron chi connectivity index (χ1n) is 7.23. The molecule has 0 aliphatic carbocycles. The second-order valence-corrected chi connectivity index (χ2v) is 8.64. The first kappa shape index (κ1) is 17.9. The topological polar surface area (TPSA) is 84.0 Å². The Kier molecular flexibility index (Phi) is 5.77. The molecule has 1 saturated heterocycles. The van der Waals surface area contributed by atoms with Gasteiger partial charge in [-0.1, -0.05) is 6.07 Å². The third-order valence-corrected chi connectivity index (χ3v) is 6.88. The summed E-state index contributed by atoms with van der Waals surface area (Å²) in [6.45, 7) is 0.163. The maximum absolute atomic E-state index is 12.5. The summed E-state index contributed by atoms with van der Waals surface area (Å²) >= 11 is 1.15. The number of hydrogen-bond acceptors (Lipinski definition) is 6. The van der Waals surface area contributed by atoms with Crippen LogP contribution in [0.5, 0.6) is 0 Å². The quantitative estimate of drug-likeness (QED) is 0.725. The highest BCUT2D eigenvalue weighted by molar-refractivity contribution is 7.91. The molecule has 0 bridgehead atoms. The molecule has 7 nitrogen and oxygen atoms in total. The van der Waals surface area contributed by atoms with E-state index in [4.69, 9.17) is 4.74 Å². The Morgan fingerprint density at radius 2 is 2.17 bits per heavy atom. The molecule has 0 N–H and O–H groups in total. The van der Waals surface area contributed by atoms with E-state index in [-0.39, 0.29) is 23.3 Å². The van der Waals surface area contributed by atoms with Crippen molar-refractivity contribution in [3.05, 3.63) is 17.5 Å². The van der Waals surface area contributed by atoms with Gasteiger partial charge >= 0.3 is 5.97 Å². The minimum Gasteiger partial charge on any atom is -0.455 e. The minimum atomic E-state index is -3.56. The molecule has 1 aliphatic rings. The van der Waals surface area contributed by atoms with E-state index in [9.17, 15) is 18.0 Å². The zero-order valence-corrected chi connectivity index (χ0v) is 14.7. The summed E-state index contributed by atoms with van der Waals surface area (Å²) in [5.74, 6) is -1.36. The van der Waals surface area contributed by atoms with Crippen molar-refractivity contribution in [2.45, 2.75) is 17.1 Å². The van der Waals surface area contributed by atoms with Gasteiger partial charge in [-0.15, -0.1) is 11.3 Å². The van der Waals surface area contributed by atoms with E-state index < -0.39 is 21.9 Å². The zero-order valence-electron chi connectivity index (χ0n) is 13.1. The third kappa shape index (κ3) is 4.30. The summed E-state index contributed by atoms with van der Waals surface area (Å²) in [4.78, 5) is 24.9. The summed E-state index contributed by atoms with van der Waals surface area (Å²) in [6, 6.07) is 3.23. The highest BCUT2D eigenvalue weighted by atomic mass is 32.2. The van der Waals surface area contributed by atoms with Gasteiger partial charge in [0.15, 0.2) is 6.61 Å². The minimum absolute atomic E-state index is 0.0925. The Bertz CT molecular complexity index is 655. The van der Waals surface area contributed by atoms with Crippen LogP contribution in [0.15, 0.2) is 21.7 Å². The number of ether oxygens (including phenoxy) is 1. The van der Waals surface area contributed by atoms with Gasteiger partial charge in [-0.2, -0.15) is 4.31 Å². The van der Waals surface area contributed by atoms with Crippen molar-refractivity contribution < 1.29 is 22.7 Å². The number of carbonyl (C=O) groups excluding carboxylic acids is 2. The van der Waals surface area contributed by atoms with Crippen LogP contribution < -0.4 is 0 Å². The van der Waals surface area contributed by atoms with Crippen LogP contribution in [0, 0.1) is 5.92 Å². The number of sulfonamides is 1. The van der Waals surface area contributed by atoms with Crippen LogP contribution in [0.25, 0.3) is 0 Å². The van der Waals surface area contributed by atoms with Crippen LogP contribution in [0.3, 0.4) is 0 Å². The number of rotatable bonds is 5. The molecule has 1 aliphatic heterocycles. The van der Waals surface area contributed by atoms with Crippen molar-refractivity contribution in [3.63, 3.8) is 0 Å². The Labute approximate surface area is 139 Å². The van der Waals surface area contributed by atoms with Crippen LogP contribution in [-0.4, -0.2) is 63.3 Å². The summed E-state index contributed by atoms with van der Waals surface area (Å²) in [6.07, 6.45) is 1.15. The van der Waals surface area contributed by atoms with Gasteiger partial charge in [-0.05, 0) is 24.3 Å². The summed E-state index contributed by atoms with van der Waals surface area (Å²) in [5.41, 5.74) is 0. The number of hydrogen-bond donors (Lipinski definition) is 0. The highest BCUT2D eigenvalue weighted by Crippen LogP contribution is 2.26. The summed E-state index contributed by atoms with van der Waals surface area (Å²) in [7, 11) is -0.410. The molecule has 2 rings (SSSR count). The molecule has 128 valence electrons. The molecule has 1 aromatic rings. The fourth-order valence-electron chi connectivity index (χ4n) is 2.27. The number of likely N-dealkylation sites (N-methyl/N-ethyl adjacent to an activating group) is 1. The smallest absolute Gasteiger partial charge is 0.310 e. The van der Waals surface area contributed by atoms with Gasteiger partial charge in [-0.25, -0.2) is 8.42 Å². The lowest BCUT2D eigenvalue weighted by atomic mass is 10.00. The lowest BCUT2D eigenvalue weighted by molar-refractivity contribution is -0.155. The molecule has 0 radical (unpaired) electrons. The lowest BCUT2D eigenvalue weighted by Crippen LogP contribution is -2.43. The average Bonchev–Trinajstić information content (AvgIpc) is 3.07. The number of thiophene rings is 1. The standard InChI is InChI=1S/C14H20N2O5S2/c1-15(2)12(17)10-21-14(18)11-5-3-7-16(9-11)23(19,20)13-6-4-8-22-13/h4,6,8,11H,3,5,7,9-10H2,1-2H3. The van der Waals surface area contributed by atoms with Gasteiger partial charge in [-0.3, -0.25) is 9.59 Å². The van der Waals surface area contributed by atoms with E-state index in [1.807, 2.05) is 0 Å². The fourth-order valence-corrected chi connectivity index (χ4v) is 4.94. The second kappa shape index (κ2) is 7.41. The number of carbonyl (C=O) groups is 2. The molecular formula is C14H20N2O5S2. The molecule has 23 heavy (non-hydrogen) atoms. The molecule has 1 atom stereocenters. The van der Waals surface area contributed by atoms with Gasteiger partial charge in [0.25, 0.3) is 15.9 Å².